The van der Waals surface area contributed by atoms with E-state index in [1.807, 2.05) is 7.05 Å². The number of nitrogens with zero attached hydrogens (tertiary/aromatic N) is 2. The second-order valence-electron chi connectivity index (χ2n) is 2.81. The molecule has 1 aliphatic rings. The van der Waals surface area contributed by atoms with Gasteiger partial charge in [0, 0.05) is 26.2 Å². The summed E-state index contributed by atoms with van der Waals surface area (Å²) < 4.78 is 4.65. The molecule has 0 aromatic rings. The Kier molecular flexibility index (Phi) is 3.62. The quantitative estimate of drug-likeness (QED) is 0.570. The monoisotopic (exact) mass is 192 g/mol. The summed E-state index contributed by atoms with van der Waals surface area (Å²) in [4.78, 5) is 14.9. The summed E-state index contributed by atoms with van der Waals surface area (Å²) >= 11 is 5.26. The summed E-state index contributed by atoms with van der Waals surface area (Å²) in [5.74, 6) is 0. The van der Waals surface area contributed by atoms with E-state index in [4.69, 9.17) is 11.6 Å². The lowest BCUT2D eigenvalue weighted by Gasteiger charge is -2.31. The van der Waals surface area contributed by atoms with Crippen molar-refractivity contribution in [3.8, 4) is 0 Å². The van der Waals surface area contributed by atoms with Crippen LogP contribution in [0.25, 0.3) is 0 Å². The molecule has 4 nitrogen and oxygen atoms in total. The lowest BCUT2D eigenvalue weighted by molar-refractivity contribution is 0.0938. The molecule has 0 aliphatic carbocycles. The standard InChI is InChI=1S/C7H13ClN2O2/c1-9-2-4-10(5-3-9)7(11)12-6-8/h2-6H2,1H3. The second-order valence-corrected chi connectivity index (χ2v) is 3.03. The maximum Gasteiger partial charge on any atom is 0.411 e. The summed E-state index contributed by atoms with van der Waals surface area (Å²) in [6.07, 6.45) is -0.307. The average molecular weight is 193 g/mol. The van der Waals surface area contributed by atoms with Crippen molar-refractivity contribution in [2.24, 2.45) is 0 Å². The van der Waals surface area contributed by atoms with Crippen molar-refractivity contribution in [1.29, 1.82) is 0 Å². The van der Waals surface area contributed by atoms with Gasteiger partial charge in [-0.2, -0.15) is 0 Å². The first-order chi connectivity index (χ1) is 5.74. The third-order valence-corrected chi connectivity index (χ3v) is 2.05. The molecule has 0 spiro atoms. The number of carbonyl (C=O) groups excluding carboxylic acids is 1. The highest BCUT2D eigenvalue weighted by Crippen LogP contribution is 2.01. The Morgan fingerprint density at radius 3 is 2.50 bits per heavy atom. The summed E-state index contributed by atoms with van der Waals surface area (Å²) in [7, 11) is 2.03. The van der Waals surface area contributed by atoms with Crippen LogP contribution in [0, 0.1) is 0 Å². The third kappa shape index (κ3) is 2.53. The zero-order valence-corrected chi connectivity index (χ0v) is 7.88. The van der Waals surface area contributed by atoms with Crippen LogP contribution >= 0.6 is 11.6 Å². The fourth-order valence-corrected chi connectivity index (χ4v) is 1.22. The Morgan fingerprint density at radius 1 is 1.42 bits per heavy atom. The number of hydrogen-bond acceptors (Lipinski definition) is 3. The molecular weight excluding hydrogens is 180 g/mol. The Hall–Kier alpha value is -0.480. The van der Waals surface area contributed by atoms with Gasteiger partial charge in [-0.1, -0.05) is 11.6 Å². The molecule has 1 amide bonds. The number of carbonyl (C=O) groups is 1. The van der Waals surface area contributed by atoms with Crippen molar-refractivity contribution in [2.45, 2.75) is 0 Å². The lowest BCUT2D eigenvalue weighted by atomic mass is 10.3. The molecule has 1 aliphatic heterocycles. The number of ether oxygens (including phenoxy) is 1. The highest BCUT2D eigenvalue weighted by Gasteiger charge is 2.19. The molecule has 1 heterocycles. The highest BCUT2D eigenvalue weighted by molar-refractivity contribution is 6.17. The first-order valence-corrected chi connectivity index (χ1v) is 4.43. The van der Waals surface area contributed by atoms with E-state index in [0.717, 1.165) is 26.2 Å². The average Bonchev–Trinajstić information content (AvgIpc) is 2.06. The van der Waals surface area contributed by atoms with Gasteiger partial charge in [-0.15, -0.1) is 0 Å². The number of hydrogen-bond donors (Lipinski definition) is 0. The van der Waals surface area contributed by atoms with Gasteiger partial charge in [0.15, 0.2) is 6.07 Å². The predicted molar refractivity (Wildman–Crippen MR) is 46.3 cm³/mol. The second kappa shape index (κ2) is 4.52. The van der Waals surface area contributed by atoms with Crippen molar-refractivity contribution in [3.63, 3.8) is 0 Å². The first kappa shape index (κ1) is 9.61. The van der Waals surface area contributed by atoms with E-state index >= 15 is 0 Å². The highest BCUT2D eigenvalue weighted by atomic mass is 35.5. The van der Waals surface area contributed by atoms with E-state index in [-0.39, 0.29) is 12.2 Å². The SMILES string of the molecule is CN1CCN(C(=O)OCCl)CC1. The van der Waals surface area contributed by atoms with Gasteiger partial charge in [0.2, 0.25) is 0 Å². The fourth-order valence-electron chi connectivity index (χ4n) is 1.13. The van der Waals surface area contributed by atoms with Crippen LogP contribution in [0.3, 0.4) is 0 Å². The number of halogens is 1. The number of likely N-dealkylation sites (N-methyl/N-ethyl adjacent to an activating group) is 1. The molecule has 1 rings (SSSR count). The molecule has 0 aromatic carbocycles. The minimum absolute atomic E-state index is 0.0643. The lowest BCUT2D eigenvalue weighted by Crippen LogP contribution is -2.47. The molecule has 0 N–H and O–H groups in total. The molecular formula is C7H13ClN2O2. The normalized spacial score (nSPS) is 19.3. The van der Waals surface area contributed by atoms with Crippen molar-refractivity contribution in [1.82, 2.24) is 9.80 Å². The Bertz CT molecular complexity index is 157. The number of piperazine rings is 1. The molecule has 0 bridgehead atoms. The molecule has 70 valence electrons. The molecule has 0 aromatic heterocycles. The van der Waals surface area contributed by atoms with Crippen LogP contribution in [0.15, 0.2) is 0 Å². The summed E-state index contributed by atoms with van der Waals surface area (Å²) in [6, 6.07) is -0.0643. The van der Waals surface area contributed by atoms with Crippen LogP contribution in [0.5, 0.6) is 0 Å². The van der Waals surface area contributed by atoms with Crippen molar-refractivity contribution < 1.29 is 9.53 Å². The van der Waals surface area contributed by atoms with Gasteiger partial charge in [-0.25, -0.2) is 4.79 Å². The van der Waals surface area contributed by atoms with Gasteiger partial charge >= 0.3 is 6.09 Å². The zero-order valence-electron chi connectivity index (χ0n) is 7.12. The minimum atomic E-state index is -0.307. The number of rotatable bonds is 1. The molecule has 0 radical (unpaired) electrons. The maximum absolute atomic E-state index is 11.1. The van der Waals surface area contributed by atoms with Gasteiger partial charge in [0.05, 0.1) is 0 Å². The number of amides is 1. The van der Waals surface area contributed by atoms with Crippen LogP contribution in [-0.2, 0) is 4.74 Å². The van der Waals surface area contributed by atoms with E-state index in [1.54, 1.807) is 4.90 Å². The van der Waals surface area contributed by atoms with Crippen LogP contribution in [0.4, 0.5) is 4.79 Å². The first-order valence-electron chi connectivity index (χ1n) is 3.90. The van der Waals surface area contributed by atoms with Crippen LogP contribution < -0.4 is 0 Å². The zero-order chi connectivity index (χ0) is 8.97. The molecule has 1 fully saturated rings. The van der Waals surface area contributed by atoms with Crippen LogP contribution in [-0.4, -0.2) is 55.2 Å². The summed E-state index contributed by atoms with van der Waals surface area (Å²) in [5, 5.41) is 0. The molecule has 0 saturated carbocycles. The van der Waals surface area contributed by atoms with Crippen molar-refractivity contribution in [3.05, 3.63) is 0 Å². The Balaban J connectivity index is 2.29. The summed E-state index contributed by atoms with van der Waals surface area (Å²) in [6.45, 7) is 3.26. The molecule has 0 unspecified atom stereocenters. The van der Waals surface area contributed by atoms with Gasteiger partial charge in [0.1, 0.15) is 0 Å². The molecule has 0 atom stereocenters. The van der Waals surface area contributed by atoms with E-state index < -0.39 is 0 Å². The van der Waals surface area contributed by atoms with Crippen molar-refractivity contribution >= 4 is 17.7 Å². The topological polar surface area (TPSA) is 32.8 Å². The van der Waals surface area contributed by atoms with Gasteiger partial charge in [-0.05, 0) is 7.05 Å². The predicted octanol–water partition coefficient (Wildman–Crippen LogP) is 0.567. The fraction of sp³-hybridized carbons (Fsp3) is 0.857. The number of alkyl halides is 1. The van der Waals surface area contributed by atoms with Crippen molar-refractivity contribution in [2.75, 3.05) is 39.3 Å². The van der Waals surface area contributed by atoms with E-state index in [9.17, 15) is 4.79 Å². The van der Waals surface area contributed by atoms with E-state index in [2.05, 4.69) is 9.64 Å². The molecule has 12 heavy (non-hydrogen) atoms. The molecule has 1 saturated heterocycles. The smallest absolute Gasteiger partial charge is 0.411 e. The van der Waals surface area contributed by atoms with Crippen LogP contribution in [0.2, 0.25) is 0 Å². The minimum Gasteiger partial charge on any atom is -0.433 e. The Morgan fingerprint density at radius 2 is 2.00 bits per heavy atom. The van der Waals surface area contributed by atoms with Gasteiger partial charge < -0.3 is 14.5 Å². The van der Waals surface area contributed by atoms with Gasteiger partial charge in [0.25, 0.3) is 0 Å². The maximum atomic E-state index is 11.1. The van der Waals surface area contributed by atoms with E-state index in [0.29, 0.717) is 0 Å². The van der Waals surface area contributed by atoms with Crippen LogP contribution in [0.1, 0.15) is 0 Å². The largest absolute Gasteiger partial charge is 0.433 e. The summed E-state index contributed by atoms with van der Waals surface area (Å²) in [5.41, 5.74) is 0. The Labute approximate surface area is 77.0 Å². The van der Waals surface area contributed by atoms with E-state index in [1.165, 1.54) is 0 Å². The van der Waals surface area contributed by atoms with Gasteiger partial charge in [-0.3, -0.25) is 0 Å². The third-order valence-electron chi connectivity index (χ3n) is 1.94. The molecule has 5 heteroatoms.